The quantitative estimate of drug-likeness (QED) is 0.0226. The van der Waals surface area contributed by atoms with E-state index in [2.05, 4.69) is 324 Å². The summed E-state index contributed by atoms with van der Waals surface area (Å²) in [6.07, 6.45) is 4.83. The number of hydrogen-bond acceptors (Lipinski definition) is 20. The van der Waals surface area contributed by atoms with Crippen molar-refractivity contribution in [3.63, 3.8) is 0 Å². The largest absolute Gasteiger partial charge is 1.00 e. The number of aldehydes is 1. The zero-order chi connectivity index (χ0) is 90.5. The molecule has 0 bridgehead atoms. The number of aliphatic hydroxyl groups is 1. The van der Waals surface area contributed by atoms with Crippen LogP contribution in [0.2, 0.25) is 0 Å². The van der Waals surface area contributed by atoms with Gasteiger partial charge < -0.3 is 71.4 Å². The van der Waals surface area contributed by atoms with Gasteiger partial charge >= 0.3 is 41.5 Å². The van der Waals surface area contributed by atoms with E-state index in [-0.39, 0.29) is 175 Å². The molecule has 4 heterocycles. The van der Waals surface area contributed by atoms with Crippen LogP contribution in [0.5, 0.6) is 0 Å². The van der Waals surface area contributed by atoms with E-state index in [4.69, 9.17) is 10.8 Å². The number of rotatable bonds is 19. The van der Waals surface area contributed by atoms with Gasteiger partial charge in [0, 0.05) is 357 Å². The summed E-state index contributed by atoms with van der Waals surface area (Å²) in [4.78, 5) is 64.9. The second-order valence-electron chi connectivity index (χ2n) is 29.5. The number of nitrogens with one attached hydrogen (secondary N) is 2. The van der Waals surface area contributed by atoms with Crippen LogP contribution in [0.25, 0.3) is 5.73 Å². The number of carbonyl (C=O) groups is 4. The molecular weight excluding hydrogens is 1920 g/mol. The van der Waals surface area contributed by atoms with E-state index in [9.17, 15) is 19.2 Å². The van der Waals surface area contributed by atoms with E-state index in [1.807, 2.05) is 73.6 Å². The minimum absolute atomic E-state index is 0. The number of benzene rings is 4. The van der Waals surface area contributed by atoms with Crippen molar-refractivity contribution in [2.75, 3.05) is 168 Å². The van der Waals surface area contributed by atoms with Gasteiger partial charge in [-0.25, -0.2) is 19.4 Å². The van der Waals surface area contributed by atoms with Gasteiger partial charge in [-0.2, -0.15) is 79.8 Å². The number of aliphatic hydroxyl groups excluding tert-OH is 1. The van der Waals surface area contributed by atoms with Crippen LogP contribution < -0.4 is 34.9 Å². The Kier molecular flexibility index (Phi) is 146. The Morgan fingerprint density at radius 1 is 0.407 bits per heavy atom. The molecule has 123 heavy (non-hydrogen) atoms. The molecule has 4 aromatic rings. The van der Waals surface area contributed by atoms with Crippen LogP contribution in [0.15, 0.2) is 134 Å². The van der Waals surface area contributed by atoms with Gasteiger partial charge in [-0.3, -0.25) is 43.9 Å². The Balaban J connectivity index is -0.0000000833. The Hall–Kier alpha value is 1.18. The fourth-order valence-corrected chi connectivity index (χ4v) is 13.4. The van der Waals surface area contributed by atoms with Crippen molar-refractivity contribution in [3.8, 4) is 0 Å². The standard InChI is InChI=1S/3C17H28N2S.C10H22N2S.C7H6O.C4H6O4.4C3H7.C2H3BO2.2C2H6.C2H4.CH4N.CH4O.2CH3.Na.4Y/c3*1-17(2,3)20-14-13-18-9-11-19(12-10-18)15-16-7-5-4-6-8-16;1-10(2,3)13-9-8-12-6-4-11-5-7-12;8-6-7-4-2-1-3-5-7;1-3(5)7-8-4(2)6;4*1-3-2;1-2(4)5-3;5*1-2;;;;;;;/h3*4-8H,9-15H2,1-3H3;11H,4-9H2,1-3H3;1-6H;1-2H3;4*1,3H2,2H3;1H3;2*1-2H3;1-2H2;2*2H,1H3;2*1H3;;;;;/q;;;;;;5*-1;;;;-1;;2*-1;+1;;;;. The molecule has 8 rings (SSSR count). The predicted molar refractivity (Wildman–Crippen MR) is 533 cm³/mol. The van der Waals surface area contributed by atoms with Gasteiger partial charge in [0.1, 0.15) is 6.29 Å². The molecule has 17 nitrogen and oxygen atoms in total. The van der Waals surface area contributed by atoms with Crippen molar-refractivity contribution >= 4 is 79.3 Å². The van der Waals surface area contributed by atoms with E-state index < -0.39 is 17.9 Å². The van der Waals surface area contributed by atoms with Crippen molar-refractivity contribution in [3.05, 3.63) is 205 Å². The van der Waals surface area contributed by atoms with Crippen LogP contribution in [0.1, 0.15) is 212 Å². The van der Waals surface area contributed by atoms with Crippen molar-refractivity contribution in [1.82, 2.24) is 39.6 Å². The molecule has 0 atom stereocenters. The molecule has 0 spiro atoms. The topological polar surface area (TPSA) is 175 Å². The van der Waals surface area contributed by atoms with Crippen LogP contribution >= 0.6 is 47.0 Å². The van der Waals surface area contributed by atoms with Crippen LogP contribution in [0, 0.1) is 42.5 Å². The normalized spacial score (nSPS) is 13.3. The monoisotopic (exact) mass is 2100 g/mol. The average Bonchev–Trinajstić information content (AvgIpc) is 0.894. The molecule has 4 saturated heterocycles. The molecule has 4 aliphatic rings. The molecule has 0 aliphatic carbocycles. The first-order valence-corrected chi connectivity index (χ1v) is 45.9. The molecule has 0 unspecified atom stereocenters. The Morgan fingerprint density at radius 3 is 0.732 bits per heavy atom. The molecule has 3 N–H and O–H groups in total. The van der Waals surface area contributed by atoms with Gasteiger partial charge in [-0.15, -0.1) is 13.2 Å². The smallest absolute Gasteiger partial charge is 0.793 e. The second-order valence-corrected chi connectivity index (χ2v) is 37.2. The van der Waals surface area contributed by atoms with Crippen molar-refractivity contribution in [2.45, 2.75) is 224 Å². The van der Waals surface area contributed by atoms with E-state index in [1.54, 1.807) is 12.1 Å². The molecule has 27 heteroatoms. The van der Waals surface area contributed by atoms with Gasteiger partial charge in [0.25, 0.3) is 0 Å². The minimum atomic E-state index is -0.639. The van der Waals surface area contributed by atoms with Gasteiger partial charge in [-0.1, -0.05) is 260 Å². The number of thioether (sulfide) groups is 4. The fourth-order valence-electron chi connectivity index (χ4n) is 9.55. The summed E-state index contributed by atoms with van der Waals surface area (Å²) in [7, 11) is 6.57. The van der Waals surface area contributed by atoms with Gasteiger partial charge in [0.05, 0.1) is 0 Å². The summed E-state index contributed by atoms with van der Waals surface area (Å²) in [6, 6.07) is 41.5. The second kappa shape index (κ2) is 114. The Morgan fingerprint density at radius 2 is 0.577 bits per heavy atom. The summed E-state index contributed by atoms with van der Waals surface area (Å²) in [5.74, 6) is 3.28. The number of nitrogens with zero attached hydrogens (tertiary/aromatic N) is 7. The summed E-state index contributed by atoms with van der Waals surface area (Å²) in [5, 5.41) is 10.4. The Labute approximate surface area is 903 Å². The van der Waals surface area contributed by atoms with E-state index >= 15 is 0 Å². The maximum atomic E-state index is 10.0. The number of piperazine rings is 4. The zero-order valence-electron chi connectivity index (χ0n) is 83.7. The third-order valence-electron chi connectivity index (χ3n) is 14.5. The molecule has 0 aromatic heterocycles. The van der Waals surface area contributed by atoms with Crippen molar-refractivity contribution in [2.24, 2.45) is 0 Å². The SMILES string of the molecule is C=C.CC.CC.CC(=O)OOC(C)=O.CC(C)(C)SCCN1CCN(Cc2ccccc2)CC1.CC(C)(C)SCCN1CCN(Cc2ccccc2)CC1.CC(C)(C)SCCN1CCN(Cc2ccccc2)CC1.CC(C)(C)SCCN1CCNCC1.CO.C[NH-].O=Cc1ccccc1.[B-]OC(C)=O.[CH2-]CC.[CH2-]CC.[CH2-]CC.[CH2-]CC.[CH3-].[CH3-].[Na+].[Y].[Y].[Y].[Y]. The molecule has 0 amide bonds. The van der Waals surface area contributed by atoms with E-state index in [0.717, 1.165) is 78.1 Å². The van der Waals surface area contributed by atoms with Crippen molar-refractivity contribution in [1.29, 1.82) is 0 Å². The van der Waals surface area contributed by atoms with Crippen LogP contribution in [0.4, 0.5) is 0 Å². The van der Waals surface area contributed by atoms with Gasteiger partial charge in [0.2, 0.25) is 5.97 Å². The molecule has 7 radical (unpaired) electrons. The molecule has 4 aromatic carbocycles. The van der Waals surface area contributed by atoms with Gasteiger partial charge in [0.15, 0.2) is 0 Å². The Bertz CT molecular complexity index is 2470. The van der Waals surface area contributed by atoms with E-state index in [0.29, 0.717) is 19.0 Å². The maximum absolute atomic E-state index is 10.0. The zero-order valence-corrected chi connectivity index (χ0v) is 100. The molecule has 4 fully saturated rings. The van der Waals surface area contributed by atoms with E-state index in [1.165, 1.54) is 185 Å². The van der Waals surface area contributed by atoms with Gasteiger partial charge in [-0.05, 0) is 16.7 Å². The first-order chi connectivity index (χ1) is 55.1. The summed E-state index contributed by atoms with van der Waals surface area (Å²) >= 11 is 8.29. The average molecular weight is 2110 g/mol. The molecular formula is C96H179BN9NaO8S4Y4-7. The summed E-state index contributed by atoms with van der Waals surface area (Å²) < 4.78 is 5.23. The minimum Gasteiger partial charge on any atom is -0.793 e. The fraction of sp³-hybridized carbons (Fsp3) is 0.625. The third-order valence-corrected chi connectivity index (χ3v) is 19.5. The van der Waals surface area contributed by atoms with Crippen molar-refractivity contribution < 1.29 is 199 Å². The molecule has 703 valence electrons. The number of hydrogen-bond donors (Lipinski definition) is 2. The van der Waals surface area contributed by atoms with Crippen LogP contribution in [-0.4, -0.2) is 259 Å². The van der Waals surface area contributed by atoms with Crippen LogP contribution in [0.3, 0.4) is 0 Å². The third kappa shape index (κ3) is 125. The van der Waals surface area contributed by atoms with Crippen LogP contribution in [-0.2, 0) is 179 Å². The summed E-state index contributed by atoms with van der Waals surface area (Å²) in [5.41, 5.74) is 10.8. The first-order valence-electron chi connectivity index (χ1n) is 41.9. The predicted octanol–water partition coefficient (Wildman–Crippen LogP) is 18.5. The summed E-state index contributed by atoms with van der Waals surface area (Å²) in [6.45, 7) is 94.7. The molecule has 0 saturated carbocycles. The number of carbonyl (C=O) groups excluding carboxylic acids is 4. The first kappa shape index (κ1) is 158. The molecule has 4 aliphatic heterocycles. The maximum Gasteiger partial charge on any atom is 1.00 e.